The molecule has 0 amide bonds. The van der Waals surface area contributed by atoms with Crippen LogP contribution in [0.2, 0.25) is 0 Å². The summed E-state index contributed by atoms with van der Waals surface area (Å²) in [5.41, 5.74) is 5.32. The lowest BCUT2D eigenvalue weighted by molar-refractivity contribution is -0.139. The average molecular weight is 262 g/mol. The first-order valence-corrected chi connectivity index (χ1v) is 5.83. The van der Waals surface area contributed by atoms with Gasteiger partial charge in [-0.25, -0.2) is 0 Å². The van der Waals surface area contributed by atoms with Crippen LogP contribution in [0, 0.1) is 0 Å². The lowest BCUT2D eigenvalue weighted by Gasteiger charge is -2.20. The summed E-state index contributed by atoms with van der Waals surface area (Å²) in [6.07, 6.45) is 0. The smallest absolute Gasteiger partial charge is 0.317 e. The van der Waals surface area contributed by atoms with Crippen LogP contribution < -0.4 is 16.4 Å². The van der Waals surface area contributed by atoms with E-state index in [2.05, 4.69) is 10.6 Å². The van der Waals surface area contributed by atoms with Gasteiger partial charge in [-0.3, -0.25) is 14.5 Å². The topological polar surface area (TPSA) is 128 Å². The lowest BCUT2D eigenvalue weighted by atomic mass is 10.4. The minimum atomic E-state index is -0.926. The van der Waals surface area contributed by atoms with Crippen molar-refractivity contribution in [1.82, 2.24) is 15.5 Å². The number of nitrogens with zero attached hydrogens (tertiary/aromatic N) is 1. The van der Waals surface area contributed by atoms with Crippen LogP contribution in [0.15, 0.2) is 0 Å². The normalized spacial score (nSPS) is 10.8. The van der Waals surface area contributed by atoms with Crippen molar-refractivity contribution >= 4 is 11.9 Å². The highest BCUT2D eigenvalue weighted by molar-refractivity contribution is 5.69. The molecule has 106 valence electrons. The summed E-state index contributed by atoms with van der Waals surface area (Å²) in [7, 11) is 0. The number of carbonyl (C=O) groups is 2. The van der Waals surface area contributed by atoms with E-state index in [-0.39, 0.29) is 13.1 Å². The quantitative estimate of drug-likeness (QED) is 0.246. The fraction of sp³-hybridized carbons (Fsp3) is 0.800. The average Bonchev–Trinajstić information content (AvgIpc) is 2.28. The van der Waals surface area contributed by atoms with Gasteiger partial charge in [0.15, 0.2) is 0 Å². The second kappa shape index (κ2) is 10.9. The zero-order valence-electron chi connectivity index (χ0n) is 10.4. The molecule has 18 heavy (non-hydrogen) atoms. The molecule has 0 saturated carbocycles. The van der Waals surface area contributed by atoms with Crippen molar-refractivity contribution in [2.75, 3.05) is 52.4 Å². The third-order valence-corrected chi connectivity index (χ3v) is 2.17. The molecule has 8 heteroatoms. The molecule has 0 radical (unpaired) electrons. The number of hydrogen-bond donors (Lipinski definition) is 5. The van der Waals surface area contributed by atoms with Crippen LogP contribution in [0.25, 0.3) is 0 Å². The Balaban J connectivity index is 3.76. The van der Waals surface area contributed by atoms with Crippen LogP contribution in [-0.4, -0.2) is 79.4 Å². The maximum absolute atomic E-state index is 10.6. The molecule has 0 unspecified atom stereocenters. The second-order valence-electron chi connectivity index (χ2n) is 3.78. The number of nitrogens with two attached hydrogens (primary N) is 1. The van der Waals surface area contributed by atoms with Crippen LogP contribution >= 0.6 is 0 Å². The van der Waals surface area contributed by atoms with Gasteiger partial charge in [0.05, 0.1) is 13.1 Å². The second-order valence-corrected chi connectivity index (χ2v) is 3.78. The van der Waals surface area contributed by atoms with Gasteiger partial charge in [-0.15, -0.1) is 0 Å². The third kappa shape index (κ3) is 11.3. The molecule has 0 aromatic heterocycles. The summed E-state index contributed by atoms with van der Waals surface area (Å²) in [4.78, 5) is 22.7. The number of rotatable bonds is 12. The predicted octanol–water partition coefficient (Wildman–Crippen LogP) is -2.40. The SMILES string of the molecule is NCCNCCN(CCNCC(=O)O)CC(=O)O. The van der Waals surface area contributed by atoms with Gasteiger partial charge in [0.2, 0.25) is 0 Å². The highest BCUT2D eigenvalue weighted by atomic mass is 16.4. The molecule has 0 bridgehead atoms. The molecule has 8 nitrogen and oxygen atoms in total. The molecule has 0 saturated heterocycles. The van der Waals surface area contributed by atoms with Gasteiger partial charge in [-0.1, -0.05) is 0 Å². The molecule has 0 aliphatic carbocycles. The summed E-state index contributed by atoms with van der Waals surface area (Å²) in [5, 5.41) is 23.0. The highest BCUT2D eigenvalue weighted by Crippen LogP contribution is 1.86. The van der Waals surface area contributed by atoms with E-state index in [9.17, 15) is 9.59 Å². The van der Waals surface area contributed by atoms with Crippen molar-refractivity contribution in [3.63, 3.8) is 0 Å². The van der Waals surface area contributed by atoms with Gasteiger partial charge in [0, 0.05) is 39.3 Å². The number of carboxylic acid groups (broad SMARTS) is 2. The van der Waals surface area contributed by atoms with Crippen LogP contribution in [0.3, 0.4) is 0 Å². The molecule has 0 rings (SSSR count). The standard InChI is InChI=1S/C10H22N4O4/c11-1-2-12-3-5-14(8-10(17)18)6-4-13-7-9(15)16/h12-13H,1-8,11H2,(H,15,16)(H,17,18). The maximum atomic E-state index is 10.6. The van der Waals surface area contributed by atoms with Crippen LogP contribution in [0.4, 0.5) is 0 Å². The summed E-state index contributed by atoms with van der Waals surface area (Å²) >= 11 is 0. The van der Waals surface area contributed by atoms with Crippen molar-refractivity contribution < 1.29 is 19.8 Å². The fourth-order valence-electron chi connectivity index (χ4n) is 1.36. The Morgan fingerprint density at radius 3 is 2.11 bits per heavy atom. The minimum absolute atomic E-state index is 0.0565. The number of nitrogens with one attached hydrogen (secondary N) is 2. The van der Waals surface area contributed by atoms with E-state index in [1.807, 2.05) is 0 Å². The highest BCUT2D eigenvalue weighted by Gasteiger charge is 2.08. The van der Waals surface area contributed by atoms with E-state index in [1.54, 1.807) is 4.90 Å². The van der Waals surface area contributed by atoms with Crippen molar-refractivity contribution in [3.05, 3.63) is 0 Å². The molecular formula is C10H22N4O4. The van der Waals surface area contributed by atoms with Crippen LogP contribution in [0.5, 0.6) is 0 Å². The van der Waals surface area contributed by atoms with Gasteiger partial charge in [0.1, 0.15) is 0 Å². The molecular weight excluding hydrogens is 240 g/mol. The summed E-state index contributed by atoms with van der Waals surface area (Å²) in [5.74, 6) is -1.82. The minimum Gasteiger partial charge on any atom is -0.480 e. The van der Waals surface area contributed by atoms with Crippen molar-refractivity contribution in [1.29, 1.82) is 0 Å². The zero-order valence-corrected chi connectivity index (χ0v) is 10.4. The van der Waals surface area contributed by atoms with Crippen molar-refractivity contribution in [2.45, 2.75) is 0 Å². The Kier molecular flexibility index (Phi) is 10.2. The summed E-state index contributed by atoms with van der Waals surface area (Å²) in [6.45, 7) is 3.23. The van der Waals surface area contributed by atoms with Gasteiger partial charge in [-0.2, -0.15) is 0 Å². The maximum Gasteiger partial charge on any atom is 0.317 e. The van der Waals surface area contributed by atoms with Gasteiger partial charge >= 0.3 is 11.9 Å². The molecule has 0 aromatic rings. The monoisotopic (exact) mass is 262 g/mol. The number of hydrogen-bond acceptors (Lipinski definition) is 6. The summed E-state index contributed by atoms with van der Waals surface area (Å²) < 4.78 is 0. The molecule has 0 atom stereocenters. The Hall–Kier alpha value is -1.22. The van der Waals surface area contributed by atoms with E-state index < -0.39 is 11.9 Å². The first kappa shape index (κ1) is 16.8. The predicted molar refractivity (Wildman–Crippen MR) is 66.5 cm³/mol. The molecule has 0 aromatic carbocycles. The van der Waals surface area contributed by atoms with E-state index in [1.165, 1.54) is 0 Å². The lowest BCUT2D eigenvalue weighted by Crippen LogP contribution is -2.41. The van der Waals surface area contributed by atoms with E-state index in [0.29, 0.717) is 39.3 Å². The van der Waals surface area contributed by atoms with E-state index in [0.717, 1.165) is 0 Å². The van der Waals surface area contributed by atoms with Gasteiger partial charge < -0.3 is 26.6 Å². The Morgan fingerprint density at radius 2 is 1.61 bits per heavy atom. The Labute approximate surface area is 106 Å². The molecule has 0 heterocycles. The molecule has 0 fully saturated rings. The first-order chi connectivity index (χ1) is 8.56. The molecule has 0 spiro atoms. The fourth-order valence-corrected chi connectivity index (χ4v) is 1.36. The number of carboxylic acids is 2. The molecule has 6 N–H and O–H groups in total. The van der Waals surface area contributed by atoms with Crippen molar-refractivity contribution in [3.8, 4) is 0 Å². The third-order valence-electron chi connectivity index (χ3n) is 2.17. The molecule has 0 aliphatic heterocycles. The van der Waals surface area contributed by atoms with Crippen molar-refractivity contribution in [2.24, 2.45) is 5.73 Å². The Morgan fingerprint density at radius 1 is 1.00 bits per heavy atom. The van der Waals surface area contributed by atoms with Gasteiger partial charge in [0.25, 0.3) is 0 Å². The summed E-state index contributed by atoms with van der Waals surface area (Å²) in [6, 6.07) is 0. The molecule has 0 aliphatic rings. The van der Waals surface area contributed by atoms with Crippen LogP contribution in [0.1, 0.15) is 0 Å². The van der Waals surface area contributed by atoms with Gasteiger partial charge in [-0.05, 0) is 0 Å². The van der Waals surface area contributed by atoms with E-state index >= 15 is 0 Å². The van der Waals surface area contributed by atoms with E-state index in [4.69, 9.17) is 15.9 Å². The number of aliphatic carboxylic acids is 2. The zero-order chi connectivity index (χ0) is 13.8. The Bertz CT molecular complexity index is 250. The van der Waals surface area contributed by atoms with Crippen LogP contribution in [-0.2, 0) is 9.59 Å². The first-order valence-electron chi connectivity index (χ1n) is 5.83. The largest absolute Gasteiger partial charge is 0.480 e.